The Hall–Kier alpha value is -2.68. The summed E-state index contributed by atoms with van der Waals surface area (Å²) in [4.78, 5) is 23.0. The summed E-state index contributed by atoms with van der Waals surface area (Å²) in [5.41, 5.74) is 0.213. The Morgan fingerprint density at radius 3 is 2.36 bits per heavy atom. The molecule has 2 aliphatic heterocycles. The third-order valence-corrected chi connectivity index (χ3v) is 6.58. The number of aromatic nitrogens is 1. The quantitative estimate of drug-likeness (QED) is 0.649. The first-order chi connectivity index (χ1) is 15.8. The molecule has 0 radical (unpaired) electrons. The van der Waals surface area contributed by atoms with Gasteiger partial charge >= 0.3 is 6.18 Å². The smallest absolute Gasteiger partial charge is 0.417 e. The van der Waals surface area contributed by atoms with Gasteiger partial charge < -0.3 is 19.4 Å². The lowest BCUT2D eigenvalue weighted by atomic mass is 9.95. The molecule has 0 N–H and O–H groups in total. The van der Waals surface area contributed by atoms with E-state index < -0.39 is 11.7 Å². The molecule has 0 aliphatic carbocycles. The number of methoxy groups -OCH3 is 1. The number of hydrogen-bond acceptors (Lipinski definition) is 5. The fraction of sp³-hybridized carbons (Fsp3) is 0.478. The second-order valence-corrected chi connectivity index (χ2v) is 8.71. The summed E-state index contributed by atoms with van der Waals surface area (Å²) in [6.07, 6.45) is -2.44. The summed E-state index contributed by atoms with van der Waals surface area (Å²) in [6.45, 7) is 3.87. The Bertz CT molecular complexity index is 988. The molecule has 2 aliphatic rings. The van der Waals surface area contributed by atoms with Crippen LogP contribution in [-0.4, -0.2) is 62.2 Å². The number of carbonyl (C=O) groups is 1. The SMILES string of the molecule is COc1cccc(N2CCN(C(=O)C3CCN(c4ncc(C(F)(F)F)cc4Cl)CC3)CC2)c1. The van der Waals surface area contributed by atoms with Crippen molar-refractivity contribution in [3.8, 4) is 5.75 Å². The van der Waals surface area contributed by atoms with Crippen LogP contribution in [0.4, 0.5) is 24.7 Å². The summed E-state index contributed by atoms with van der Waals surface area (Å²) >= 11 is 6.08. The van der Waals surface area contributed by atoms with Crippen molar-refractivity contribution in [3.05, 3.63) is 47.1 Å². The van der Waals surface area contributed by atoms with Gasteiger partial charge in [-0.1, -0.05) is 17.7 Å². The minimum absolute atomic E-state index is 0.0248. The van der Waals surface area contributed by atoms with Crippen molar-refractivity contribution in [2.75, 3.05) is 56.2 Å². The molecule has 3 heterocycles. The van der Waals surface area contributed by atoms with Gasteiger partial charge in [-0.25, -0.2) is 4.98 Å². The van der Waals surface area contributed by atoms with E-state index in [1.165, 1.54) is 0 Å². The van der Waals surface area contributed by atoms with E-state index in [4.69, 9.17) is 16.3 Å². The fourth-order valence-corrected chi connectivity index (χ4v) is 4.69. The minimum Gasteiger partial charge on any atom is -0.497 e. The van der Waals surface area contributed by atoms with Crippen molar-refractivity contribution < 1.29 is 22.7 Å². The van der Waals surface area contributed by atoms with Crippen LogP contribution in [0, 0.1) is 5.92 Å². The van der Waals surface area contributed by atoms with Gasteiger partial charge in [0.25, 0.3) is 0 Å². The van der Waals surface area contributed by atoms with E-state index in [2.05, 4.69) is 9.88 Å². The lowest BCUT2D eigenvalue weighted by Crippen LogP contribution is -2.51. The molecule has 1 amide bonds. The number of alkyl halides is 3. The molecule has 33 heavy (non-hydrogen) atoms. The predicted octanol–water partition coefficient (Wildman–Crippen LogP) is 4.33. The Labute approximate surface area is 195 Å². The van der Waals surface area contributed by atoms with E-state index in [0.29, 0.717) is 44.8 Å². The molecule has 0 saturated carbocycles. The molecule has 2 aromatic rings. The average Bonchev–Trinajstić information content (AvgIpc) is 2.83. The van der Waals surface area contributed by atoms with Crippen LogP contribution in [0.3, 0.4) is 0 Å². The van der Waals surface area contributed by atoms with Gasteiger partial charge in [-0.3, -0.25) is 4.79 Å². The molecule has 2 saturated heterocycles. The number of anilines is 2. The van der Waals surface area contributed by atoms with E-state index in [1.807, 2.05) is 34.1 Å². The molecule has 0 bridgehead atoms. The number of ether oxygens (including phenoxy) is 1. The monoisotopic (exact) mass is 482 g/mol. The molecule has 0 unspecified atom stereocenters. The van der Waals surface area contributed by atoms with Gasteiger partial charge in [0.15, 0.2) is 0 Å². The van der Waals surface area contributed by atoms with E-state index in [0.717, 1.165) is 36.8 Å². The van der Waals surface area contributed by atoms with Crippen molar-refractivity contribution in [2.24, 2.45) is 5.92 Å². The van der Waals surface area contributed by atoms with Crippen LogP contribution in [0.1, 0.15) is 18.4 Å². The Morgan fingerprint density at radius 2 is 1.76 bits per heavy atom. The fourth-order valence-electron chi connectivity index (χ4n) is 4.41. The van der Waals surface area contributed by atoms with Gasteiger partial charge in [0.2, 0.25) is 5.91 Å². The molecule has 0 atom stereocenters. The number of nitrogens with zero attached hydrogens (tertiary/aromatic N) is 4. The number of piperidine rings is 1. The number of pyridine rings is 1. The molecule has 178 valence electrons. The van der Waals surface area contributed by atoms with E-state index in [1.54, 1.807) is 7.11 Å². The van der Waals surface area contributed by atoms with Gasteiger partial charge in [0, 0.05) is 63.1 Å². The highest BCUT2D eigenvalue weighted by Gasteiger charge is 2.34. The number of benzene rings is 1. The normalized spacial score (nSPS) is 17.9. The molecule has 6 nitrogen and oxygen atoms in total. The largest absolute Gasteiger partial charge is 0.497 e. The summed E-state index contributed by atoms with van der Waals surface area (Å²) < 4.78 is 43.8. The average molecular weight is 483 g/mol. The first-order valence-electron chi connectivity index (χ1n) is 10.9. The molecule has 0 spiro atoms. The summed E-state index contributed by atoms with van der Waals surface area (Å²) in [5, 5.41) is -0.0248. The Balaban J connectivity index is 1.30. The number of piperazine rings is 1. The van der Waals surface area contributed by atoms with Crippen LogP contribution >= 0.6 is 11.6 Å². The van der Waals surface area contributed by atoms with Crippen molar-refractivity contribution in [1.82, 2.24) is 9.88 Å². The number of carbonyl (C=O) groups excluding carboxylic acids is 1. The third kappa shape index (κ3) is 5.29. The van der Waals surface area contributed by atoms with Crippen molar-refractivity contribution in [1.29, 1.82) is 0 Å². The molecular weight excluding hydrogens is 457 g/mol. The zero-order valence-corrected chi connectivity index (χ0v) is 19.1. The lowest BCUT2D eigenvalue weighted by molar-refractivity contribution is -0.138. The van der Waals surface area contributed by atoms with E-state index in [9.17, 15) is 18.0 Å². The van der Waals surface area contributed by atoms with Crippen LogP contribution in [0.5, 0.6) is 5.75 Å². The van der Waals surface area contributed by atoms with E-state index >= 15 is 0 Å². The second kappa shape index (κ2) is 9.67. The van der Waals surface area contributed by atoms with Gasteiger partial charge in [-0.2, -0.15) is 13.2 Å². The first-order valence-corrected chi connectivity index (χ1v) is 11.3. The van der Waals surface area contributed by atoms with Crippen LogP contribution in [0.2, 0.25) is 5.02 Å². The molecule has 1 aromatic carbocycles. The number of hydrogen-bond donors (Lipinski definition) is 0. The maximum Gasteiger partial charge on any atom is 0.417 e. The maximum atomic E-state index is 13.1. The highest BCUT2D eigenvalue weighted by atomic mass is 35.5. The highest BCUT2D eigenvalue weighted by Crippen LogP contribution is 2.35. The Morgan fingerprint density at radius 1 is 1.06 bits per heavy atom. The number of rotatable bonds is 4. The summed E-state index contributed by atoms with van der Waals surface area (Å²) in [7, 11) is 1.64. The van der Waals surface area contributed by atoms with Gasteiger partial charge in [0.05, 0.1) is 17.7 Å². The third-order valence-electron chi connectivity index (χ3n) is 6.30. The van der Waals surface area contributed by atoms with Crippen molar-refractivity contribution >= 4 is 29.0 Å². The number of halogens is 4. The molecular formula is C23H26ClF3N4O2. The van der Waals surface area contributed by atoms with E-state index in [-0.39, 0.29) is 16.8 Å². The van der Waals surface area contributed by atoms with Crippen molar-refractivity contribution in [2.45, 2.75) is 19.0 Å². The summed E-state index contributed by atoms with van der Waals surface area (Å²) in [5.74, 6) is 1.19. The van der Waals surface area contributed by atoms with Crippen molar-refractivity contribution in [3.63, 3.8) is 0 Å². The zero-order chi connectivity index (χ0) is 23.6. The Kier molecular flexibility index (Phi) is 6.88. The first kappa shape index (κ1) is 23.5. The predicted molar refractivity (Wildman–Crippen MR) is 121 cm³/mol. The molecule has 4 rings (SSSR count). The molecule has 10 heteroatoms. The number of amides is 1. The lowest BCUT2D eigenvalue weighted by Gasteiger charge is -2.39. The highest BCUT2D eigenvalue weighted by molar-refractivity contribution is 6.33. The topological polar surface area (TPSA) is 48.9 Å². The summed E-state index contributed by atoms with van der Waals surface area (Å²) in [6, 6.07) is 8.80. The van der Waals surface area contributed by atoms with Gasteiger partial charge in [-0.05, 0) is 31.0 Å². The van der Waals surface area contributed by atoms with Gasteiger partial charge in [-0.15, -0.1) is 0 Å². The van der Waals surface area contributed by atoms with Crippen LogP contribution in [0.15, 0.2) is 36.5 Å². The molecule has 1 aromatic heterocycles. The maximum absolute atomic E-state index is 13.1. The van der Waals surface area contributed by atoms with Gasteiger partial charge in [0.1, 0.15) is 11.6 Å². The zero-order valence-electron chi connectivity index (χ0n) is 18.3. The standard InChI is InChI=1S/C23H26ClF3N4O2/c1-33-19-4-2-3-18(14-19)29-9-11-31(12-10-29)22(32)16-5-7-30(8-6-16)21-20(24)13-17(15-28-21)23(25,26)27/h2-4,13-16H,5-12H2,1H3. The second-order valence-electron chi connectivity index (χ2n) is 8.30. The van der Waals surface area contributed by atoms with Crippen LogP contribution in [-0.2, 0) is 11.0 Å². The molecule has 2 fully saturated rings. The minimum atomic E-state index is -4.48. The van der Waals surface area contributed by atoms with Crippen LogP contribution < -0.4 is 14.5 Å². The van der Waals surface area contributed by atoms with Crippen LogP contribution in [0.25, 0.3) is 0 Å².